The average molecular weight is 412 g/mol. The van der Waals surface area contributed by atoms with Gasteiger partial charge in [-0.25, -0.2) is 0 Å². The van der Waals surface area contributed by atoms with Crippen molar-refractivity contribution >= 4 is 75.2 Å². The Labute approximate surface area is 156 Å². The van der Waals surface area contributed by atoms with Crippen molar-refractivity contribution in [3.8, 4) is 0 Å². The zero-order valence-corrected chi connectivity index (χ0v) is 15.5. The molecule has 2 rings (SSSR count). The fraction of sp³-hybridized carbons (Fsp3) is 0.143. The molecule has 0 saturated heterocycles. The molecule has 1 aromatic carbocycles. The van der Waals surface area contributed by atoms with E-state index in [1.54, 1.807) is 12.1 Å². The van der Waals surface area contributed by atoms with Gasteiger partial charge in [0.25, 0.3) is 5.91 Å². The number of benzene rings is 1. The van der Waals surface area contributed by atoms with Crippen LogP contribution in [0.5, 0.6) is 0 Å². The molecular formula is C14H10Cl4N2O2S. The first-order valence-corrected chi connectivity index (χ1v) is 8.56. The molecule has 0 atom stereocenters. The number of nitrogens with zero attached hydrogens (tertiary/aromatic N) is 1. The third kappa shape index (κ3) is 4.75. The Morgan fingerprint density at radius 3 is 2.39 bits per heavy atom. The Bertz CT molecular complexity index is 763. The van der Waals surface area contributed by atoms with Crippen LogP contribution in [0.4, 0.5) is 5.69 Å². The van der Waals surface area contributed by atoms with E-state index in [-0.39, 0.29) is 28.3 Å². The topological polar surface area (TPSA) is 49.4 Å². The minimum Gasteiger partial charge on any atom is -0.332 e. The minimum atomic E-state index is -0.387. The van der Waals surface area contributed by atoms with Crippen LogP contribution >= 0.6 is 57.7 Å². The molecule has 1 aromatic heterocycles. The highest BCUT2D eigenvalue weighted by Crippen LogP contribution is 2.31. The molecular weight excluding hydrogens is 402 g/mol. The number of amides is 2. The van der Waals surface area contributed by atoms with Gasteiger partial charge in [0, 0.05) is 12.7 Å². The summed E-state index contributed by atoms with van der Waals surface area (Å²) >= 11 is 24.5. The lowest BCUT2D eigenvalue weighted by Crippen LogP contribution is -2.34. The second kappa shape index (κ2) is 7.73. The van der Waals surface area contributed by atoms with Crippen molar-refractivity contribution in [3.63, 3.8) is 0 Å². The van der Waals surface area contributed by atoms with E-state index in [4.69, 9.17) is 46.4 Å². The highest BCUT2D eigenvalue weighted by molar-refractivity contribution is 7.20. The van der Waals surface area contributed by atoms with Gasteiger partial charge in [0.15, 0.2) is 0 Å². The number of carbonyl (C=O) groups is 2. The Hall–Kier alpha value is -0.980. The quantitative estimate of drug-likeness (QED) is 0.763. The van der Waals surface area contributed by atoms with Crippen molar-refractivity contribution in [1.29, 1.82) is 0 Å². The lowest BCUT2D eigenvalue weighted by molar-refractivity contribution is -0.116. The van der Waals surface area contributed by atoms with Crippen LogP contribution in [-0.2, 0) is 4.79 Å². The van der Waals surface area contributed by atoms with Gasteiger partial charge in [-0.1, -0.05) is 46.4 Å². The third-order valence-electron chi connectivity index (χ3n) is 2.82. The molecule has 1 N–H and O–H groups in total. The average Bonchev–Trinajstić information content (AvgIpc) is 2.80. The number of anilines is 1. The molecule has 0 unspecified atom stereocenters. The van der Waals surface area contributed by atoms with Crippen LogP contribution in [0, 0.1) is 0 Å². The summed E-state index contributed by atoms with van der Waals surface area (Å²) in [6.45, 7) is -0.150. The SMILES string of the molecule is CN(CC(=O)Nc1ccc(Cl)c(Cl)c1)C(=O)c1cc(Cl)sc1Cl. The largest absolute Gasteiger partial charge is 0.332 e. The van der Waals surface area contributed by atoms with Crippen LogP contribution in [0.15, 0.2) is 24.3 Å². The van der Waals surface area contributed by atoms with E-state index in [2.05, 4.69) is 5.32 Å². The second-order valence-electron chi connectivity index (χ2n) is 4.58. The summed E-state index contributed by atoms with van der Waals surface area (Å²) in [5.74, 6) is -0.765. The van der Waals surface area contributed by atoms with Gasteiger partial charge < -0.3 is 10.2 Å². The van der Waals surface area contributed by atoms with Gasteiger partial charge in [-0.3, -0.25) is 9.59 Å². The molecule has 0 aliphatic rings. The van der Waals surface area contributed by atoms with Gasteiger partial charge in [-0.15, -0.1) is 11.3 Å². The highest BCUT2D eigenvalue weighted by Gasteiger charge is 2.20. The molecule has 2 aromatic rings. The molecule has 4 nitrogen and oxygen atoms in total. The van der Waals surface area contributed by atoms with E-state index in [0.717, 1.165) is 11.3 Å². The van der Waals surface area contributed by atoms with E-state index in [1.807, 2.05) is 0 Å². The summed E-state index contributed by atoms with van der Waals surface area (Å²) in [7, 11) is 1.50. The zero-order valence-electron chi connectivity index (χ0n) is 11.7. The minimum absolute atomic E-state index is 0.150. The monoisotopic (exact) mass is 410 g/mol. The van der Waals surface area contributed by atoms with Gasteiger partial charge in [0.2, 0.25) is 5.91 Å². The zero-order chi connectivity index (χ0) is 17.1. The first-order valence-electron chi connectivity index (χ1n) is 6.23. The van der Waals surface area contributed by atoms with E-state index in [9.17, 15) is 9.59 Å². The normalized spacial score (nSPS) is 10.5. The summed E-state index contributed by atoms with van der Waals surface area (Å²) in [6, 6.07) is 6.19. The maximum absolute atomic E-state index is 12.2. The second-order valence-corrected chi connectivity index (χ2v) is 7.68. The Kier molecular flexibility index (Phi) is 6.17. The number of likely N-dealkylation sites (N-methyl/N-ethyl adjacent to an activating group) is 1. The standard InChI is InChI=1S/C14H10Cl4N2O2S/c1-20(14(22)8-5-11(17)23-13(8)18)6-12(21)19-7-2-3-9(15)10(16)4-7/h2-5H,6H2,1H3,(H,19,21). The number of hydrogen-bond donors (Lipinski definition) is 1. The van der Waals surface area contributed by atoms with Crippen molar-refractivity contribution in [2.75, 3.05) is 18.9 Å². The Morgan fingerprint density at radius 1 is 1.13 bits per heavy atom. The summed E-state index contributed by atoms with van der Waals surface area (Å²) in [5, 5.41) is 3.35. The van der Waals surface area contributed by atoms with Crippen LogP contribution in [-0.4, -0.2) is 30.3 Å². The van der Waals surface area contributed by atoms with Gasteiger partial charge in [-0.05, 0) is 24.3 Å². The number of halogens is 4. The van der Waals surface area contributed by atoms with Crippen LogP contribution in [0.2, 0.25) is 18.7 Å². The van der Waals surface area contributed by atoms with Crippen LogP contribution in [0.25, 0.3) is 0 Å². The number of nitrogens with one attached hydrogen (secondary N) is 1. The maximum atomic E-state index is 12.2. The molecule has 1 heterocycles. The molecule has 23 heavy (non-hydrogen) atoms. The number of rotatable bonds is 4. The summed E-state index contributed by atoms with van der Waals surface area (Å²) in [6.07, 6.45) is 0. The molecule has 9 heteroatoms. The molecule has 0 saturated carbocycles. The third-order valence-corrected chi connectivity index (χ3v) is 5.04. The van der Waals surface area contributed by atoms with Crippen molar-refractivity contribution in [2.24, 2.45) is 0 Å². The van der Waals surface area contributed by atoms with E-state index in [1.165, 1.54) is 24.1 Å². The first kappa shape index (κ1) is 18.4. The fourth-order valence-electron chi connectivity index (χ4n) is 1.75. The highest BCUT2D eigenvalue weighted by atomic mass is 35.5. The smallest absolute Gasteiger partial charge is 0.256 e. The maximum Gasteiger partial charge on any atom is 0.256 e. The van der Waals surface area contributed by atoms with E-state index in [0.29, 0.717) is 20.1 Å². The molecule has 0 radical (unpaired) electrons. The van der Waals surface area contributed by atoms with Crippen molar-refractivity contribution < 1.29 is 9.59 Å². The van der Waals surface area contributed by atoms with Crippen molar-refractivity contribution in [3.05, 3.63) is 48.5 Å². The number of thiophene rings is 1. The van der Waals surface area contributed by atoms with Gasteiger partial charge in [0.05, 0.1) is 26.5 Å². The summed E-state index contributed by atoms with van der Waals surface area (Å²) < 4.78 is 0.698. The molecule has 0 bridgehead atoms. The van der Waals surface area contributed by atoms with Crippen LogP contribution < -0.4 is 5.32 Å². The lowest BCUT2D eigenvalue weighted by atomic mass is 10.3. The number of hydrogen-bond acceptors (Lipinski definition) is 3. The summed E-state index contributed by atoms with van der Waals surface area (Å²) in [4.78, 5) is 25.5. The Morgan fingerprint density at radius 2 is 1.83 bits per heavy atom. The van der Waals surface area contributed by atoms with Gasteiger partial charge in [-0.2, -0.15) is 0 Å². The first-order chi connectivity index (χ1) is 10.8. The predicted molar refractivity (Wildman–Crippen MR) is 96.4 cm³/mol. The Balaban J connectivity index is 2.00. The molecule has 0 aliphatic heterocycles. The molecule has 2 amide bonds. The molecule has 0 fully saturated rings. The van der Waals surface area contributed by atoms with E-state index >= 15 is 0 Å². The van der Waals surface area contributed by atoms with Crippen molar-refractivity contribution in [1.82, 2.24) is 4.90 Å². The van der Waals surface area contributed by atoms with Gasteiger partial charge in [0.1, 0.15) is 4.34 Å². The molecule has 122 valence electrons. The molecule has 0 aliphatic carbocycles. The van der Waals surface area contributed by atoms with Gasteiger partial charge >= 0.3 is 0 Å². The number of carbonyl (C=O) groups excluding carboxylic acids is 2. The van der Waals surface area contributed by atoms with Crippen molar-refractivity contribution in [2.45, 2.75) is 0 Å². The van der Waals surface area contributed by atoms with Crippen LogP contribution in [0.1, 0.15) is 10.4 Å². The predicted octanol–water partition coefficient (Wildman–Crippen LogP) is 5.07. The van der Waals surface area contributed by atoms with E-state index < -0.39 is 0 Å². The summed E-state index contributed by atoms with van der Waals surface area (Å²) in [5.41, 5.74) is 0.758. The fourth-order valence-corrected chi connectivity index (χ4v) is 3.50. The van der Waals surface area contributed by atoms with Crippen LogP contribution in [0.3, 0.4) is 0 Å². The lowest BCUT2D eigenvalue weighted by Gasteiger charge is -2.16. The molecule has 0 spiro atoms.